The Morgan fingerprint density at radius 3 is 2.95 bits per heavy atom. The van der Waals surface area contributed by atoms with Crippen LogP contribution in [-0.4, -0.2) is 42.0 Å². The number of hydrogen-bond acceptors (Lipinski definition) is 5. The number of aromatic nitrogens is 2. The molecule has 0 aliphatic carbocycles. The molecule has 0 aliphatic heterocycles. The number of benzene rings is 1. The number of rotatable bonds is 6. The minimum Gasteiger partial charge on any atom is -0.383 e. The van der Waals surface area contributed by atoms with Gasteiger partial charge < -0.3 is 10.1 Å². The number of nitrogens with zero attached hydrogens (tertiary/aromatic N) is 2. The number of hydrogen-bond donors (Lipinski definition) is 1. The van der Waals surface area contributed by atoms with E-state index in [2.05, 4.69) is 10.3 Å². The first-order chi connectivity index (χ1) is 10.6. The van der Waals surface area contributed by atoms with Crippen LogP contribution in [0.4, 0.5) is 0 Å². The highest BCUT2D eigenvalue weighted by atomic mass is 35.5. The standard InChI is InChI=1S/C14H16ClN3O3S/c1-16-12(19)8-22-14-17-11-7-9(15)3-4-10(11)13(20)18(14)5-6-21-2/h3-4,7H,5-6,8H2,1-2H3,(H,16,19). The molecule has 0 aliphatic rings. The zero-order valence-electron chi connectivity index (χ0n) is 12.3. The van der Waals surface area contributed by atoms with Crippen LogP contribution in [0.3, 0.4) is 0 Å². The van der Waals surface area contributed by atoms with Crippen LogP contribution in [0.2, 0.25) is 5.02 Å². The smallest absolute Gasteiger partial charge is 0.262 e. The summed E-state index contributed by atoms with van der Waals surface area (Å²) in [5.74, 6) is 0.0471. The fourth-order valence-corrected chi connectivity index (χ4v) is 2.93. The van der Waals surface area contributed by atoms with Gasteiger partial charge in [0.1, 0.15) is 0 Å². The van der Waals surface area contributed by atoms with Gasteiger partial charge in [-0.2, -0.15) is 0 Å². The molecule has 22 heavy (non-hydrogen) atoms. The highest BCUT2D eigenvalue weighted by Gasteiger charge is 2.13. The third-order valence-corrected chi connectivity index (χ3v) is 4.22. The Labute approximate surface area is 136 Å². The molecule has 0 saturated heterocycles. The second-order valence-corrected chi connectivity index (χ2v) is 5.85. The zero-order valence-corrected chi connectivity index (χ0v) is 13.8. The summed E-state index contributed by atoms with van der Waals surface area (Å²) in [5.41, 5.74) is 0.351. The first-order valence-electron chi connectivity index (χ1n) is 6.59. The van der Waals surface area contributed by atoms with E-state index in [4.69, 9.17) is 16.3 Å². The molecule has 0 bridgehead atoms. The van der Waals surface area contributed by atoms with Crippen molar-refractivity contribution >= 4 is 40.2 Å². The highest BCUT2D eigenvalue weighted by molar-refractivity contribution is 7.99. The van der Waals surface area contributed by atoms with Gasteiger partial charge in [0.2, 0.25) is 5.91 Å². The molecular formula is C14H16ClN3O3S. The molecule has 1 aromatic carbocycles. The van der Waals surface area contributed by atoms with Gasteiger partial charge in [0.05, 0.1) is 29.8 Å². The minimum absolute atomic E-state index is 0.135. The van der Waals surface area contributed by atoms with Crippen LogP contribution in [0, 0.1) is 0 Å². The number of ether oxygens (including phenoxy) is 1. The van der Waals surface area contributed by atoms with Crippen LogP contribution in [0.25, 0.3) is 10.9 Å². The van der Waals surface area contributed by atoms with Gasteiger partial charge in [0, 0.05) is 19.2 Å². The quantitative estimate of drug-likeness (QED) is 0.637. The van der Waals surface area contributed by atoms with Crippen molar-refractivity contribution in [3.63, 3.8) is 0 Å². The summed E-state index contributed by atoms with van der Waals surface area (Å²) in [6, 6.07) is 4.96. The van der Waals surface area contributed by atoms with Crippen LogP contribution in [-0.2, 0) is 16.1 Å². The van der Waals surface area contributed by atoms with Gasteiger partial charge in [-0.1, -0.05) is 23.4 Å². The summed E-state index contributed by atoms with van der Waals surface area (Å²) >= 11 is 7.16. The maximum atomic E-state index is 12.6. The molecule has 0 saturated carbocycles. The fraction of sp³-hybridized carbons (Fsp3) is 0.357. The van der Waals surface area contributed by atoms with Gasteiger partial charge in [-0.25, -0.2) is 4.98 Å². The van der Waals surface area contributed by atoms with Crippen LogP contribution in [0.15, 0.2) is 28.2 Å². The molecule has 0 fully saturated rings. The summed E-state index contributed by atoms with van der Waals surface area (Å²) in [6.07, 6.45) is 0. The van der Waals surface area contributed by atoms with E-state index in [-0.39, 0.29) is 17.2 Å². The maximum absolute atomic E-state index is 12.6. The summed E-state index contributed by atoms with van der Waals surface area (Å²) < 4.78 is 6.56. The number of thioether (sulfide) groups is 1. The summed E-state index contributed by atoms with van der Waals surface area (Å²) in [4.78, 5) is 28.5. The van der Waals surface area contributed by atoms with Crippen molar-refractivity contribution in [2.75, 3.05) is 26.5 Å². The second kappa shape index (κ2) is 7.62. The molecule has 0 radical (unpaired) electrons. The Kier molecular flexibility index (Phi) is 5.82. The lowest BCUT2D eigenvalue weighted by molar-refractivity contribution is -0.118. The van der Waals surface area contributed by atoms with E-state index in [9.17, 15) is 9.59 Å². The molecule has 6 nitrogen and oxygen atoms in total. The number of halogens is 1. The van der Waals surface area contributed by atoms with Crippen molar-refractivity contribution < 1.29 is 9.53 Å². The Balaban J connectivity index is 2.49. The Morgan fingerprint density at radius 1 is 1.50 bits per heavy atom. The van der Waals surface area contributed by atoms with Crippen molar-refractivity contribution in [3.8, 4) is 0 Å². The highest BCUT2D eigenvalue weighted by Crippen LogP contribution is 2.20. The first kappa shape index (κ1) is 16.8. The summed E-state index contributed by atoms with van der Waals surface area (Å²) in [5, 5.41) is 4.01. The van der Waals surface area contributed by atoms with Crippen LogP contribution in [0.1, 0.15) is 0 Å². The van der Waals surface area contributed by atoms with E-state index in [0.29, 0.717) is 34.2 Å². The zero-order chi connectivity index (χ0) is 16.1. The largest absolute Gasteiger partial charge is 0.383 e. The molecule has 1 heterocycles. The minimum atomic E-state index is -0.168. The lowest BCUT2D eigenvalue weighted by atomic mass is 10.2. The number of amides is 1. The molecule has 8 heteroatoms. The monoisotopic (exact) mass is 341 g/mol. The maximum Gasteiger partial charge on any atom is 0.262 e. The van der Waals surface area contributed by atoms with Crippen LogP contribution >= 0.6 is 23.4 Å². The third-order valence-electron chi connectivity index (χ3n) is 3.01. The molecule has 2 rings (SSSR count). The molecule has 118 valence electrons. The molecule has 1 aromatic heterocycles. The Morgan fingerprint density at radius 2 is 2.27 bits per heavy atom. The van der Waals surface area contributed by atoms with Gasteiger partial charge in [-0.15, -0.1) is 0 Å². The topological polar surface area (TPSA) is 73.2 Å². The molecule has 0 unspecified atom stereocenters. The van der Waals surface area contributed by atoms with Gasteiger partial charge in [-0.3, -0.25) is 14.2 Å². The normalized spacial score (nSPS) is 10.9. The van der Waals surface area contributed by atoms with E-state index in [1.165, 1.54) is 16.3 Å². The fourth-order valence-electron chi connectivity index (χ4n) is 1.87. The number of fused-ring (bicyclic) bond motifs is 1. The summed E-state index contributed by atoms with van der Waals surface area (Å²) in [7, 11) is 3.13. The predicted molar refractivity (Wildman–Crippen MR) is 87.7 cm³/mol. The second-order valence-electron chi connectivity index (χ2n) is 4.47. The summed E-state index contributed by atoms with van der Waals surface area (Å²) in [6.45, 7) is 0.755. The van der Waals surface area contributed by atoms with Crippen molar-refractivity contribution in [1.29, 1.82) is 0 Å². The molecule has 1 N–H and O–H groups in total. The average molecular weight is 342 g/mol. The van der Waals surface area contributed by atoms with E-state index in [1.54, 1.807) is 32.4 Å². The molecule has 1 amide bonds. The predicted octanol–water partition coefficient (Wildman–Crippen LogP) is 1.53. The van der Waals surface area contributed by atoms with Crippen molar-refractivity contribution in [2.45, 2.75) is 11.7 Å². The number of methoxy groups -OCH3 is 1. The lowest BCUT2D eigenvalue weighted by Crippen LogP contribution is -2.26. The van der Waals surface area contributed by atoms with Crippen molar-refractivity contribution in [3.05, 3.63) is 33.6 Å². The molecule has 0 atom stereocenters. The van der Waals surface area contributed by atoms with Crippen LogP contribution in [0.5, 0.6) is 0 Å². The SMILES string of the molecule is CNC(=O)CSc1nc2cc(Cl)ccc2c(=O)n1CCOC. The van der Waals surface area contributed by atoms with Gasteiger partial charge in [0.15, 0.2) is 5.16 Å². The third kappa shape index (κ3) is 3.79. The van der Waals surface area contributed by atoms with Gasteiger partial charge >= 0.3 is 0 Å². The average Bonchev–Trinajstić information content (AvgIpc) is 2.51. The molecule has 0 spiro atoms. The van der Waals surface area contributed by atoms with E-state index >= 15 is 0 Å². The Bertz CT molecular complexity index is 748. The number of carbonyl (C=O) groups is 1. The Hall–Kier alpha value is -1.57. The van der Waals surface area contributed by atoms with Crippen LogP contribution < -0.4 is 10.9 Å². The van der Waals surface area contributed by atoms with E-state index in [1.807, 2.05) is 0 Å². The van der Waals surface area contributed by atoms with Gasteiger partial charge in [0.25, 0.3) is 5.56 Å². The van der Waals surface area contributed by atoms with Gasteiger partial charge in [-0.05, 0) is 18.2 Å². The number of carbonyl (C=O) groups excluding carboxylic acids is 1. The molecule has 2 aromatic rings. The number of nitrogens with one attached hydrogen (secondary N) is 1. The van der Waals surface area contributed by atoms with Crippen molar-refractivity contribution in [1.82, 2.24) is 14.9 Å². The van der Waals surface area contributed by atoms with Crippen molar-refractivity contribution in [2.24, 2.45) is 0 Å². The van der Waals surface area contributed by atoms with E-state index in [0.717, 1.165) is 0 Å². The first-order valence-corrected chi connectivity index (χ1v) is 7.95. The molecular weight excluding hydrogens is 326 g/mol. The van der Waals surface area contributed by atoms with E-state index < -0.39 is 0 Å². The lowest BCUT2D eigenvalue weighted by Gasteiger charge is -2.12.